The second-order valence-corrected chi connectivity index (χ2v) is 5.12. The van der Waals surface area contributed by atoms with Crippen molar-refractivity contribution < 1.29 is 4.79 Å². The third-order valence-electron chi connectivity index (χ3n) is 3.29. The summed E-state index contributed by atoms with van der Waals surface area (Å²) in [5, 5.41) is 3.01. The van der Waals surface area contributed by atoms with Crippen molar-refractivity contribution in [2.45, 2.75) is 32.2 Å². The zero-order chi connectivity index (χ0) is 13.1. The molecule has 0 heterocycles. The molecule has 0 saturated heterocycles. The zero-order valence-corrected chi connectivity index (χ0v) is 10.9. The van der Waals surface area contributed by atoms with Gasteiger partial charge in [0, 0.05) is 11.7 Å². The number of rotatable bonds is 3. The number of amides is 1. The van der Waals surface area contributed by atoms with E-state index in [1.165, 1.54) is 0 Å². The Labute approximate surface area is 108 Å². The molecule has 1 aromatic rings. The van der Waals surface area contributed by atoms with E-state index >= 15 is 0 Å². The van der Waals surface area contributed by atoms with Gasteiger partial charge in [-0.3, -0.25) is 4.79 Å². The molecule has 2 rings (SSSR count). The average Bonchev–Trinajstić information content (AvgIpc) is 2.76. The first kappa shape index (κ1) is 12.8. The number of benzene rings is 1. The first-order valence-electron chi connectivity index (χ1n) is 6.41. The van der Waals surface area contributed by atoms with Crippen LogP contribution in [-0.4, -0.2) is 11.9 Å². The van der Waals surface area contributed by atoms with Crippen LogP contribution >= 0.6 is 0 Å². The average molecular weight is 244 g/mol. The summed E-state index contributed by atoms with van der Waals surface area (Å²) in [6, 6.07) is 7.96. The normalized spacial score (nSPS) is 22.4. The maximum Gasteiger partial charge on any atom is 0.231 e. The molecule has 96 valence electrons. The van der Waals surface area contributed by atoms with Crippen LogP contribution in [0.25, 0.3) is 0 Å². The summed E-state index contributed by atoms with van der Waals surface area (Å²) >= 11 is 0. The SMILES string of the molecule is CC(C)c1ccccc1NC(=O)C1C=CC(N)C1. The molecule has 2 unspecified atom stereocenters. The molecule has 1 aliphatic carbocycles. The molecule has 3 nitrogen and oxygen atoms in total. The van der Waals surface area contributed by atoms with Crippen molar-refractivity contribution in [3.8, 4) is 0 Å². The zero-order valence-electron chi connectivity index (χ0n) is 10.9. The van der Waals surface area contributed by atoms with E-state index in [0.29, 0.717) is 12.3 Å². The number of hydrogen-bond donors (Lipinski definition) is 2. The molecule has 1 aliphatic rings. The van der Waals surface area contributed by atoms with Gasteiger partial charge in [-0.2, -0.15) is 0 Å². The van der Waals surface area contributed by atoms with Crippen molar-refractivity contribution in [1.29, 1.82) is 0 Å². The number of anilines is 1. The fourth-order valence-electron chi connectivity index (χ4n) is 2.26. The van der Waals surface area contributed by atoms with Gasteiger partial charge in [0.05, 0.1) is 5.92 Å². The molecular formula is C15H20N2O. The molecule has 0 fully saturated rings. The van der Waals surface area contributed by atoms with Gasteiger partial charge in [-0.1, -0.05) is 44.2 Å². The van der Waals surface area contributed by atoms with Gasteiger partial charge in [0.15, 0.2) is 0 Å². The van der Waals surface area contributed by atoms with E-state index in [4.69, 9.17) is 5.73 Å². The summed E-state index contributed by atoms with van der Waals surface area (Å²) in [6.07, 6.45) is 4.51. The summed E-state index contributed by atoms with van der Waals surface area (Å²) in [6.45, 7) is 4.24. The van der Waals surface area contributed by atoms with Gasteiger partial charge in [0.2, 0.25) is 5.91 Å². The molecule has 1 aromatic carbocycles. The van der Waals surface area contributed by atoms with E-state index < -0.39 is 0 Å². The van der Waals surface area contributed by atoms with Crippen LogP contribution in [0.4, 0.5) is 5.69 Å². The minimum atomic E-state index is -0.0970. The van der Waals surface area contributed by atoms with Gasteiger partial charge in [-0.05, 0) is 24.0 Å². The smallest absolute Gasteiger partial charge is 0.231 e. The molecule has 0 radical (unpaired) electrons. The summed E-state index contributed by atoms with van der Waals surface area (Å²) in [7, 11) is 0. The standard InChI is InChI=1S/C15H20N2O/c1-10(2)13-5-3-4-6-14(13)17-15(18)11-7-8-12(16)9-11/h3-8,10-12H,9,16H2,1-2H3,(H,17,18). The maximum atomic E-state index is 12.1. The number of nitrogens with one attached hydrogen (secondary N) is 1. The third kappa shape index (κ3) is 2.79. The van der Waals surface area contributed by atoms with Gasteiger partial charge in [-0.25, -0.2) is 0 Å². The molecule has 0 aromatic heterocycles. The molecular weight excluding hydrogens is 224 g/mol. The molecule has 3 N–H and O–H groups in total. The Morgan fingerprint density at radius 1 is 1.33 bits per heavy atom. The molecule has 0 aliphatic heterocycles. The topological polar surface area (TPSA) is 55.1 Å². The number of hydrogen-bond acceptors (Lipinski definition) is 2. The van der Waals surface area contributed by atoms with Crippen LogP contribution in [0.2, 0.25) is 0 Å². The van der Waals surface area contributed by atoms with Crippen LogP contribution in [0.15, 0.2) is 36.4 Å². The van der Waals surface area contributed by atoms with Crippen molar-refractivity contribution >= 4 is 11.6 Å². The van der Waals surface area contributed by atoms with Gasteiger partial charge >= 0.3 is 0 Å². The van der Waals surface area contributed by atoms with Gasteiger partial charge in [0.1, 0.15) is 0 Å². The molecule has 0 bridgehead atoms. The number of carbonyl (C=O) groups is 1. The number of nitrogens with two attached hydrogens (primary N) is 1. The predicted molar refractivity (Wildman–Crippen MR) is 74.4 cm³/mol. The van der Waals surface area contributed by atoms with Gasteiger partial charge in [0.25, 0.3) is 0 Å². The van der Waals surface area contributed by atoms with E-state index in [1.807, 2.05) is 30.4 Å². The lowest BCUT2D eigenvalue weighted by atomic mass is 10.0. The number of para-hydroxylation sites is 1. The Kier molecular flexibility index (Phi) is 3.82. The molecule has 3 heteroatoms. The Bertz CT molecular complexity index is 465. The highest BCUT2D eigenvalue weighted by Gasteiger charge is 2.23. The minimum absolute atomic E-state index is 0.0149. The van der Waals surface area contributed by atoms with Crippen molar-refractivity contribution in [3.05, 3.63) is 42.0 Å². The first-order chi connectivity index (χ1) is 8.58. The van der Waals surface area contributed by atoms with Crippen molar-refractivity contribution in [2.75, 3.05) is 5.32 Å². The van der Waals surface area contributed by atoms with Crippen LogP contribution in [0, 0.1) is 5.92 Å². The highest BCUT2D eigenvalue weighted by atomic mass is 16.1. The highest BCUT2D eigenvalue weighted by molar-refractivity contribution is 5.94. The molecule has 2 atom stereocenters. The van der Waals surface area contributed by atoms with Crippen LogP contribution in [0.5, 0.6) is 0 Å². The van der Waals surface area contributed by atoms with E-state index in [0.717, 1.165) is 11.3 Å². The third-order valence-corrected chi connectivity index (χ3v) is 3.29. The summed E-state index contributed by atoms with van der Waals surface area (Å²) in [5.74, 6) is 0.329. The fourth-order valence-corrected chi connectivity index (χ4v) is 2.26. The second-order valence-electron chi connectivity index (χ2n) is 5.12. The van der Waals surface area contributed by atoms with Crippen LogP contribution < -0.4 is 11.1 Å². The van der Waals surface area contributed by atoms with Crippen molar-refractivity contribution in [1.82, 2.24) is 0 Å². The van der Waals surface area contributed by atoms with Crippen LogP contribution in [0.1, 0.15) is 31.7 Å². The van der Waals surface area contributed by atoms with E-state index in [-0.39, 0.29) is 17.9 Å². The maximum absolute atomic E-state index is 12.1. The van der Waals surface area contributed by atoms with Crippen LogP contribution in [0.3, 0.4) is 0 Å². The molecule has 0 saturated carbocycles. The Morgan fingerprint density at radius 2 is 2.06 bits per heavy atom. The van der Waals surface area contributed by atoms with Crippen molar-refractivity contribution in [2.24, 2.45) is 11.7 Å². The van der Waals surface area contributed by atoms with E-state index in [9.17, 15) is 4.79 Å². The fraction of sp³-hybridized carbons (Fsp3) is 0.400. The lowest BCUT2D eigenvalue weighted by Gasteiger charge is -2.15. The second kappa shape index (κ2) is 5.36. The largest absolute Gasteiger partial charge is 0.325 e. The van der Waals surface area contributed by atoms with Crippen molar-refractivity contribution in [3.63, 3.8) is 0 Å². The Balaban J connectivity index is 2.10. The summed E-state index contributed by atoms with van der Waals surface area (Å²) < 4.78 is 0. The highest BCUT2D eigenvalue weighted by Crippen LogP contribution is 2.25. The molecule has 1 amide bonds. The monoisotopic (exact) mass is 244 g/mol. The van der Waals surface area contributed by atoms with E-state index in [1.54, 1.807) is 0 Å². The van der Waals surface area contributed by atoms with Crippen LogP contribution in [-0.2, 0) is 4.79 Å². The Hall–Kier alpha value is -1.61. The quantitative estimate of drug-likeness (QED) is 0.803. The van der Waals surface area contributed by atoms with Gasteiger partial charge < -0.3 is 11.1 Å². The first-order valence-corrected chi connectivity index (χ1v) is 6.41. The number of carbonyl (C=O) groups excluding carboxylic acids is 1. The molecule has 0 spiro atoms. The lowest BCUT2D eigenvalue weighted by Crippen LogP contribution is -2.24. The minimum Gasteiger partial charge on any atom is -0.325 e. The summed E-state index contributed by atoms with van der Waals surface area (Å²) in [4.78, 5) is 12.1. The summed E-state index contributed by atoms with van der Waals surface area (Å²) in [5.41, 5.74) is 7.84. The predicted octanol–water partition coefficient (Wildman–Crippen LogP) is 2.65. The molecule has 18 heavy (non-hydrogen) atoms. The lowest BCUT2D eigenvalue weighted by molar-refractivity contribution is -0.118. The van der Waals surface area contributed by atoms with E-state index in [2.05, 4.69) is 25.2 Å². The Morgan fingerprint density at radius 3 is 2.67 bits per heavy atom. The van der Waals surface area contributed by atoms with Gasteiger partial charge in [-0.15, -0.1) is 0 Å².